The number of hydrogen-bond donors (Lipinski definition) is 0. The predicted molar refractivity (Wildman–Crippen MR) is 52.7 cm³/mol. The van der Waals surface area contributed by atoms with E-state index in [1.165, 1.54) is 0 Å². The monoisotopic (exact) mass is 229 g/mol. The van der Waals surface area contributed by atoms with Gasteiger partial charge in [-0.05, 0) is 6.07 Å². The quantitative estimate of drug-likeness (QED) is 0.714. The van der Waals surface area contributed by atoms with E-state index in [0.29, 0.717) is 18.4 Å². The maximum Gasteiger partial charge on any atom is 0.183 e. The van der Waals surface area contributed by atoms with Gasteiger partial charge >= 0.3 is 0 Å². The molecule has 1 aliphatic heterocycles. The SMILES string of the molecule is CCC1=NC(c2cc(F)cc(F)c2F)CO1. The Morgan fingerprint density at radius 3 is 2.75 bits per heavy atom. The maximum absolute atomic E-state index is 13.4. The molecule has 1 atom stereocenters. The van der Waals surface area contributed by atoms with Gasteiger partial charge in [-0.25, -0.2) is 18.2 Å². The van der Waals surface area contributed by atoms with Crippen molar-refractivity contribution >= 4 is 5.90 Å². The third kappa shape index (κ3) is 1.89. The van der Waals surface area contributed by atoms with Gasteiger partial charge in [-0.1, -0.05) is 6.92 Å². The van der Waals surface area contributed by atoms with Crippen LogP contribution in [-0.2, 0) is 4.74 Å². The van der Waals surface area contributed by atoms with Gasteiger partial charge in [-0.2, -0.15) is 0 Å². The fourth-order valence-corrected chi connectivity index (χ4v) is 1.59. The van der Waals surface area contributed by atoms with Gasteiger partial charge in [0.2, 0.25) is 0 Å². The Kier molecular flexibility index (Phi) is 2.85. The van der Waals surface area contributed by atoms with Crippen molar-refractivity contribution in [1.82, 2.24) is 0 Å². The number of nitrogens with zero attached hydrogens (tertiary/aromatic N) is 1. The van der Waals surface area contributed by atoms with Gasteiger partial charge < -0.3 is 4.74 Å². The van der Waals surface area contributed by atoms with Gasteiger partial charge in [0.15, 0.2) is 17.5 Å². The van der Waals surface area contributed by atoms with E-state index in [4.69, 9.17) is 4.74 Å². The minimum atomic E-state index is -1.20. The molecule has 1 aromatic carbocycles. The van der Waals surface area contributed by atoms with E-state index >= 15 is 0 Å². The van der Waals surface area contributed by atoms with Crippen molar-refractivity contribution in [1.29, 1.82) is 0 Å². The van der Waals surface area contributed by atoms with Crippen molar-refractivity contribution < 1.29 is 17.9 Å². The summed E-state index contributed by atoms with van der Waals surface area (Å²) in [6.07, 6.45) is 0.579. The van der Waals surface area contributed by atoms with Crippen molar-refractivity contribution in [2.45, 2.75) is 19.4 Å². The van der Waals surface area contributed by atoms with E-state index in [-0.39, 0.29) is 12.2 Å². The minimum Gasteiger partial charge on any atom is -0.478 e. The number of rotatable bonds is 2. The Bertz CT molecular complexity index is 445. The van der Waals surface area contributed by atoms with Crippen molar-refractivity contribution in [3.05, 3.63) is 35.1 Å². The molecule has 2 rings (SSSR count). The van der Waals surface area contributed by atoms with Crippen LogP contribution in [-0.4, -0.2) is 12.5 Å². The highest BCUT2D eigenvalue weighted by atomic mass is 19.2. The van der Waals surface area contributed by atoms with Gasteiger partial charge in [0.05, 0.1) is 0 Å². The summed E-state index contributed by atoms with van der Waals surface area (Å²) < 4.78 is 44.5. The summed E-state index contributed by atoms with van der Waals surface area (Å²) in [5, 5.41) is 0. The number of halogens is 3. The fourth-order valence-electron chi connectivity index (χ4n) is 1.59. The van der Waals surface area contributed by atoms with Crippen LogP contribution >= 0.6 is 0 Å². The fraction of sp³-hybridized carbons (Fsp3) is 0.364. The largest absolute Gasteiger partial charge is 0.478 e. The number of ether oxygens (including phenoxy) is 1. The zero-order valence-corrected chi connectivity index (χ0v) is 8.64. The van der Waals surface area contributed by atoms with Crippen LogP contribution in [0.1, 0.15) is 24.9 Å². The molecule has 1 aromatic rings. The second kappa shape index (κ2) is 4.15. The average Bonchev–Trinajstić information content (AvgIpc) is 2.71. The summed E-state index contributed by atoms with van der Waals surface area (Å²) in [4.78, 5) is 4.04. The van der Waals surface area contributed by atoms with Crippen LogP contribution in [0.15, 0.2) is 17.1 Å². The van der Waals surface area contributed by atoms with Crippen molar-refractivity contribution in [3.8, 4) is 0 Å². The normalized spacial score (nSPS) is 19.5. The first-order valence-corrected chi connectivity index (χ1v) is 4.95. The molecule has 1 unspecified atom stereocenters. The summed E-state index contributed by atoms with van der Waals surface area (Å²) in [7, 11) is 0. The zero-order chi connectivity index (χ0) is 11.7. The van der Waals surface area contributed by atoms with Gasteiger partial charge in [0.25, 0.3) is 0 Å². The molecular weight excluding hydrogens is 219 g/mol. The van der Waals surface area contributed by atoms with Crippen molar-refractivity contribution in [2.75, 3.05) is 6.61 Å². The van der Waals surface area contributed by atoms with E-state index in [2.05, 4.69) is 4.99 Å². The summed E-state index contributed by atoms with van der Waals surface area (Å²) in [5.41, 5.74) is -0.0963. The van der Waals surface area contributed by atoms with Gasteiger partial charge in [0.1, 0.15) is 18.5 Å². The molecule has 0 spiro atoms. The third-order valence-electron chi connectivity index (χ3n) is 2.39. The first-order chi connectivity index (χ1) is 7.61. The molecule has 0 bridgehead atoms. The van der Waals surface area contributed by atoms with Crippen molar-refractivity contribution in [3.63, 3.8) is 0 Å². The van der Waals surface area contributed by atoms with Crippen LogP contribution in [0.2, 0.25) is 0 Å². The lowest BCUT2D eigenvalue weighted by Crippen LogP contribution is -2.04. The smallest absolute Gasteiger partial charge is 0.183 e. The highest BCUT2D eigenvalue weighted by Gasteiger charge is 2.24. The summed E-state index contributed by atoms with van der Waals surface area (Å²) in [5.74, 6) is -2.59. The van der Waals surface area contributed by atoms with E-state index in [0.717, 1.165) is 6.07 Å². The van der Waals surface area contributed by atoms with Crippen LogP contribution in [0.3, 0.4) is 0 Å². The first-order valence-electron chi connectivity index (χ1n) is 4.95. The molecule has 0 amide bonds. The molecule has 5 heteroatoms. The Morgan fingerprint density at radius 2 is 2.12 bits per heavy atom. The van der Waals surface area contributed by atoms with Gasteiger partial charge in [-0.3, -0.25) is 0 Å². The zero-order valence-electron chi connectivity index (χ0n) is 8.64. The minimum absolute atomic E-state index is 0.0963. The number of hydrogen-bond acceptors (Lipinski definition) is 2. The lowest BCUT2D eigenvalue weighted by Gasteiger charge is -2.07. The summed E-state index contributed by atoms with van der Waals surface area (Å²) in [6.45, 7) is 1.96. The maximum atomic E-state index is 13.4. The summed E-state index contributed by atoms with van der Waals surface area (Å²) in [6, 6.07) is 0.813. The molecule has 1 aliphatic rings. The Hall–Kier alpha value is -1.52. The van der Waals surface area contributed by atoms with Crippen LogP contribution in [0.4, 0.5) is 13.2 Å². The molecule has 16 heavy (non-hydrogen) atoms. The van der Waals surface area contributed by atoms with E-state index < -0.39 is 23.5 Å². The molecule has 2 nitrogen and oxygen atoms in total. The Balaban J connectivity index is 2.38. The Morgan fingerprint density at radius 1 is 1.38 bits per heavy atom. The topological polar surface area (TPSA) is 21.6 Å². The summed E-state index contributed by atoms with van der Waals surface area (Å²) >= 11 is 0. The molecule has 0 fully saturated rings. The molecule has 0 radical (unpaired) electrons. The van der Waals surface area contributed by atoms with Crippen LogP contribution in [0.25, 0.3) is 0 Å². The Labute approximate surface area is 90.8 Å². The molecule has 1 heterocycles. The third-order valence-corrected chi connectivity index (χ3v) is 2.39. The molecule has 0 N–H and O–H groups in total. The second-order valence-electron chi connectivity index (χ2n) is 3.49. The van der Waals surface area contributed by atoms with Crippen LogP contribution in [0.5, 0.6) is 0 Å². The molecule has 86 valence electrons. The van der Waals surface area contributed by atoms with Gasteiger partial charge in [0, 0.05) is 18.1 Å². The highest BCUT2D eigenvalue weighted by Crippen LogP contribution is 2.28. The van der Waals surface area contributed by atoms with Crippen molar-refractivity contribution in [2.24, 2.45) is 4.99 Å². The molecular formula is C11H10F3NO. The molecule has 0 saturated heterocycles. The predicted octanol–water partition coefficient (Wildman–Crippen LogP) is 2.98. The molecule has 0 aliphatic carbocycles. The first kappa shape index (κ1) is 11.0. The van der Waals surface area contributed by atoms with E-state index in [1.54, 1.807) is 0 Å². The molecule has 0 aromatic heterocycles. The standard InChI is InChI=1S/C11H10F3NO/c1-2-10-15-9(5-16-10)7-3-6(12)4-8(13)11(7)14/h3-4,9H,2,5H2,1H3. The lowest BCUT2D eigenvalue weighted by molar-refractivity contribution is 0.309. The highest BCUT2D eigenvalue weighted by molar-refractivity contribution is 5.77. The van der Waals surface area contributed by atoms with Crippen LogP contribution < -0.4 is 0 Å². The van der Waals surface area contributed by atoms with E-state index in [1.807, 2.05) is 6.92 Å². The van der Waals surface area contributed by atoms with E-state index in [9.17, 15) is 13.2 Å². The second-order valence-corrected chi connectivity index (χ2v) is 3.49. The number of benzene rings is 1. The van der Waals surface area contributed by atoms with Gasteiger partial charge in [-0.15, -0.1) is 0 Å². The lowest BCUT2D eigenvalue weighted by atomic mass is 10.1. The van der Waals surface area contributed by atoms with Crippen LogP contribution in [0, 0.1) is 17.5 Å². The molecule has 0 saturated carbocycles. The number of aliphatic imine (C=N–C) groups is 1. The average molecular weight is 229 g/mol.